The summed E-state index contributed by atoms with van der Waals surface area (Å²) in [7, 11) is 4.19. The highest BCUT2D eigenvalue weighted by Gasteiger charge is 2.27. The lowest BCUT2D eigenvalue weighted by atomic mass is 10.0. The number of aromatic nitrogens is 1. The van der Waals surface area contributed by atoms with Crippen molar-refractivity contribution in [2.24, 2.45) is 0 Å². The molecule has 0 saturated carbocycles. The van der Waals surface area contributed by atoms with E-state index in [9.17, 15) is 5.11 Å². The molecule has 19 heavy (non-hydrogen) atoms. The highest BCUT2D eigenvalue weighted by molar-refractivity contribution is 5.44. The summed E-state index contributed by atoms with van der Waals surface area (Å²) in [6.45, 7) is 3.00. The van der Waals surface area contributed by atoms with Crippen LogP contribution in [0, 0.1) is 0 Å². The molecule has 2 atom stereocenters. The molecule has 1 fully saturated rings. The van der Waals surface area contributed by atoms with Crippen LogP contribution in [0.4, 0.5) is 5.69 Å². The first-order valence-corrected chi connectivity index (χ1v) is 6.83. The van der Waals surface area contributed by atoms with E-state index < -0.39 is 6.10 Å². The van der Waals surface area contributed by atoms with Crippen LogP contribution in [0.3, 0.4) is 0 Å². The first kappa shape index (κ1) is 14.2. The molecule has 5 nitrogen and oxygen atoms in total. The van der Waals surface area contributed by atoms with E-state index in [1.807, 2.05) is 0 Å². The van der Waals surface area contributed by atoms with Crippen LogP contribution in [0.15, 0.2) is 18.5 Å². The fraction of sp³-hybridized carbons (Fsp3) is 0.643. The first-order chi connectivity index (χ1) is 9.08. The summed E-state index contributed by atoms with van der Waals surface area (Å²) >= 11 is 0. The lowest BCUT2D eigenvalue weighted by Crippen LogP contribution is -2.47. The molecule has 2 heterocycles. The van der Waals surface area contributed by atoms with Crippen molar-refractivity contribution in [1.82, 2.24) is 14.8 Å². The molecule has 5 heteroatoms. The van der Waals surface area contributed by atoms with E-state index in [1.54, 1.807) is 18.5 Å². The third-order valence-electron chi connectivity index (χ3n) is 3.93. The van der Waals surface area contributed by atoms with Gasteiger partial charge in [0.05, 0.1) is 6.10 Å². The summed E-state index contributed by atoms with van der Waals surface area (Å²) in [4.78, 5) is 8.61. The van der Waals surface area contributed by atoms with Gasteiger partial charge in [-0.15, -0.1) is 0 Å². The van der Waals surface area contributed by atoms with Crippen LogP contribution in [0.1, 0.15) is 12.0 Å². The molecule has 0 amide bonds. The lowest BCUT2D eigenvalue weighted by Gasteiger charge is -2.31. The second kappa shape index (κ2) is 6.32. The Hall–Kier alpha value is -1.17. The number of hydrogen-bond donors (Lipinski definition) is 2. The van der Waals surface area contributed by atoms with Crippen LogP contribution < -0.4 is 5.73 Å². The quantitative estimate of drug-likeness (QED) is 0.816. The number of nitrogens with zero attached hydrogens (tertiary/aromatic N) is 3. The standard InChI is InChI=1S/C14H24N4O/c1-17-6-3-7-18(2)13(10-17)14(19)8-11-9-16-5-4-12(11)15/h4-5,9,13-14,19H,3,6-8,10H2,1-2H3,(H2,15,16). The van der Waals surface area contributed by atoms with E-state index in [0.717, 1.165) is 31.6 Å². The number of pyridine rings is 1. The number of aliphatic hydroxyl groups excluding tert-OH is 1. The Morgan fingerprint density at radius 1 is 1.47 bits per heavy atom. The highest BCUT2D eigenvalue weighted by atomic mass is 16.3. The molecule has 1 aliphatic heterocycles. The molecular formula is C14H24N4O. The first-order valence-electron chi connectivity index (χ1n) is 6.83. The molecule has 1 aliphatic rings. The largest absolute Gasteiger partial charge is 0.398 e. The van der Waals surface area contributed by atoms with Crippen molar-refractivity contribution >= 4 is 5.69 Å². The maximum Gasteiger partial charge on any atom is 0.0749 e. The summed E-state index contributed by atoms with van der Waals surface area (Å²) in [5.74, 6) is 0. The van der Waals surface area contributed by atoms with Crippen molar-refractivity contribution in [2.45, 2.75) is 25.0 Å². The van der Waals surface area contributed by atoms with Crippen LogP contribution in [-0.4, -0.2) is 65.8 Å². The smallest absolute Gasteiger partial charge is 0.0749 e. The van der Waals surface area contributed by atoms with Gasteiger partial charge in [-0.05, 0) is 45.2 Å². The van der Waals surface area contributed by atoms with Gasteiger partial charge in [-0.1, -0.05) is 0 Å². The Morgan fingerprint density at radius 2 is 2.26 bits per heavy atom. The van der Waals surface area contributed by atoms with Gasteiger partial charge in [0.15, 0.2) is 0 Å². The number of nitrogen functional groups attached to an aromatic ring is 1. The van der Waals surface area contributed by atoms with Gasteiger partial charge in [-0.3, -0.25) is 9.88 Å². The topological polar surface area (TPSA) is 65.6 Å². The molecule has 0 bridgehead atoms. The van der Waals surface area contributed by atoms with Crippen molar-refractivity contribution in [2.75, 3.05) is 39.5 Å². The van der Waals surface area contributed by atoms with Crippen LogP contribution in [-0.2, 0) is 6.42 Å². The molecule has 2 rings (SSSR count). The van der Waals surface area contributed by atoms with Gasteiger partial charge in [0, 0.05) is 37.1 Å². The molecule has 0 aromatic carbocycles. The lowest BCUT2D eigenvalue weighted by molar-refractivity contribution is 0.0582. The van der Waals surface area contributed by atoms with Gasteiger partial charge in [0.1, 0.15) is 0 Å². The molecular weight excluding hydrogens is 240 g/mol. The molecule has 1 aromatic heterocycles. The minimum Gasteiger partial charge on any atom is -0.398 e. The zero-order valence-corrected chi connectivity index (χ0v) is 11.8. The van der Waals surface area contributed by atoms with Crippen LogP contribution >= 0.6 is 0 Å². The van der Waals surface area contributed by atoms with Gasteiger partial charge in [-0.2, -0.15) is 0 Å². The minimum absolute atomic E-state index is 0.145. The fourth-order valence-corrected chi connectivity index (χ4v) is 2.69. The number of anilines is 1. The molecule has 3 N–H and O–H groups in total. The third-order valence-corrected chi connectivity index (χ3v) is 3.93. The monoisotopic (exact) mass is 264 g/mol. The van der Waals surface area contributed by atoms with Gasteiger partial charge < -0.3 is 15.7 Å². The van der Waals surface area contributed by atoms with Crippen molar-refractivity contribution in [3.63, 3.8) is 0 Å². The number of hydrogen-bond acceptors (Lipinski definition) is 5. The molecule has 1 saturated heterocycles. The normalized spacial score (nSPS) is 24.1. The molecule has 0 spiro atoms. The van der Waals surface area contributed by atoms with E-state index in [0.29, 0.717) is 12.1 Å². The van der Waals surface area contributed by atoms with Crippen LogP contribution in [0.2, 0.25) is 0 Å². The molecule has 2 unspecified atom stereocenters. The average molecular weight is 264 g/mol. The molecule has 106 valence electrons. The summed E-state index contributed by atoms with van der Waals surface area (Å²) in [6.07, 6.45) is 4.71. The Balaban J connectivity index is 2.05. The van der Waals surface area contributed by atoms with Crippen molar-refractivity contribution in [3.05, 3.63) is 24.0 Å². The minimum atomic E-state index is -0.419. The molecule has 0 radical (unpaired) electrons. The Bertz CT molecular complexity index is 412. The third kappa shape index (κ3) is 3.65. The summed E-state index contributed by atoms with van der Waals surface area (Å²) < 4.78 is 0. The van der Waals surface area contributed by atoms with E-state index in [1.165, 1.54) is 0 Å². The Labute approximate surface area is 115 Å². The second-order valence-electron chi connectivity index (χ2n) is 5.51. The zero-order valence-electron chi connectivity index (χ0n) is 11.8. The molecule has 1 aromatic rings. The number of rotatable bonds is 3. The SMILES string of the molecule is CN1CCCN(C)C(C(O)Cc2cnccc2N)C1. The summed E-state index contributed by atoms with van der Waals surface area (Å²) in [5.41, 5.74) is 7.55. The number of nitrogens with two attached hydrogens (primary N) is 1. The van der Waals surface area contributed by atoms with E-state index in [4.69, 9.17) is 5.73 Å². The van der Waals surface area contributed by atoms with Crippen molar-refractivity contribution in [3.8, 4) is 0 Å². The average Bonchev–Trinajstić information content (AvgIpc) is 2.54. The predicted octanol–water partition coefficient (Wildman–Crippen LogP) is 0.203. The Morgan fingerprint density at radius 3 is 3.00 bits per heavy atom. The van der Waals surface area contributed by atoms with Gasteiger partial charge in [0.25, 0.3) is 0 Å². The van der Waals surface area contributed by atoms with Gasteiger partial charge >= 0.3 is 0 Å². The van der Waals surface area contributed by atoms with Gasteiger partial charge in [0.2, 0.25) is 0 Å². The van der Waals surface area contributed by atoms with E-state index in [-0.39, 0.29) is 6.04 Å². The number of aliphatic hydroxyl groups is 1. The maximum absolute atomic E-state index is 10.5. The van der Waals surface area contributed by atoms with Gasteiger partial charge in [-0.25, -0.2) is 0 Å². The summed E-state index contributed by atoms with van der Waals surface area (Å²) in [5, 5.41) is 10.5. The van der Waals surface area contributed by atoms with Crippen LogP contribution in [0.5, 0.6) is 0 Å². The second-order valence-corrected chi connectivity index (χ2v) is 5.51. The van der Waals surface area contributed by atoms with E-state index in [2.05, 4.69) is 28.9 Å². The number of likely N-dealkylation sites (N-methyl/N-ethyl adjacent to an activating group) is 2. The zero-order chi connectivity index (χ0) is 13.8. The fourth-order valence-electron chi connectivity index (χ4n) is 2.69. The Kier molecular flexibility index (Phi) is 4.74. The molecule has 0 aliphatic carbocycles. The predicted molar refractivity (Wildman–Crippen MR) is 76.9 cm³/mol. The van der Waals surface area contributed by atoms with E-state index >= 15 is 0 Å². The summed E-state index contributed by atoms with van der Waals surface area (Å²) in [6, 6.07) is 1.93. The van der Waals surface area contributed by atoms with Crippen molar-refractivity contribution < 1.29 is 5.11 Å². The van der Waals surface area contributed by atoms with Crippen molar-refractivity contribution in [1.29, 1.82) is 0 Å². The van der Waals surface area contributed by atoms with Crippen LogP contribution in [0.25, 0.3) is 0 Å². The highest BCUT2D eigenvalue weighted by Crippen LogP contribution is 2.17. The maximum atomic E-state index is 10.5.